The highest BCUT2D eigenvalue weighted by Gasteiger charge is 2.16. The quantitative estimate of drug-likeness (QED) is 0.451. The first-order valence-corrected chi connectivity index (χ1v) is 11.1. The molecule has 0 bridgehead atoms. The molecule has 0 saturated carbocycles. The molecular weight excluding hydrogens is 394 g/mol. The van der Waals surface area contributed by atoms with Crippen molar-refractivity contribution in [1.82, 2.24) is 25.1 Å². The maximum Gasteiger partial charge on any atom is 0.230 e. The summed E-state index contributed by atoms with van der Waals surface area (Å²) in [6.07, 6.45) is 0.902. The van der Waals surface area contributed by atoms with Crippen LogP contribution in [0.2, 0.25) is 0 Å². The standard InChI is InChI=1S/C23H25N5OS/c1-4-16(3)24-20(29)14-30-23-25-22-21(26-27-23)18-7-5-6-8-19(18)28(22)13-17-11-9-15(2)10-12-17/h5-12,16H,4,13-14H2,1-3H3,(H,24,29). The largest absolute Gasteiger partial charge is 0.353 e. The maximum absolute atomic E-state index is 12.1. The molecule has 6 nitrogen and oxygen atoms in total. The highest BCUT2D eigenvalue weighted by molar-refractivity contribution is 7.99. The average Bonchev–Trinajstić information content (AvgIpc) is 3.07. The van der Waals surface area contributed by atoms with Crippen LogP contribution in [-0.2, 0) is 11.3 Å². The van der Waals surface area contributed by atoms with E-state index >= 15 is 0 Å². The number of hydrogen-bond acceptors (Lipinski definition) is 5. The Balaban J connectivity index is 1.67. The summed E-state index contributed by atoms with van der Waals surface area (Å²) < 4.78 is 2.17. The maximum atomic E-state index is 12.1. The van der Waals surface area contributed by atoms with Crippen LogP contribution in [0.15, 0.2) is 53.7 Å². The molecule has 2 aromatic carbocycles. The molecule has 1 N–H and O–H groups in total. The number of carbonyl (C=O) groups is 1. The molecule has 154 valence electrons. The molecule has 0 aliphatic rings. The third kappa shape index (κ3) is 4.31. The summed E-state index contributed by atoms with van der Waals surface area (Å²) in [7, 11) is 0. The summed E-state index contributed by atoms with van der Waals surface area (Å²) in [5.74, 6) is 0.258. The molecule has 2 heterocycles. The van der Waals surface area contributed by atoms with Crippen LogP contribution in [0.5, 0.6) is 0 Å². The van der Waals surface area contributed by atoms with E-state index in [0.29, 0.717) is 11.7 Å². The highest BCUT2D eigenvalue weighted by Crippen LogP contribution is 2.28. The van der Waals surface area contributed by atoms with Crippen molar-refractivity contribution in [3.63, 3.8) is 0 Å². The Kier molecular flexibility index (Phi) is 5.99. The first-order chi connectivity index (χ1) is 14.5. The van der Waals surface area contributed by atoms with Gasteiger partial charge in [0, 0.05) is 18.0 Å². The van der Waals surface area contributed by atoms with Crippen LogP contribution in [0.25, 0.3) is 22.1 Å². The summed E-state index contributed by atoms with van der Waals surface area (Å²) in [4.78, 5) is 16.9. The van der Waals surface area contributed by atoms with Crippen molar-refractivity contribution in [1.29, 1.82) is 0 Å². The van der Waals surface area contributed by atoms with Crippen LogP contribution in [0.3, 0.4) is 0 Å². The van der Waals surface area contributed by atoms with Crippen molar-refractivity contribution in [3.05, 3.63) is 59.7 Å². The second-order valence-corrected chi connectivity index (χ2v) is 8.46. The SMILES string of the molecule is CCC(C)NC(=O)CSc1nnc2c3ccccc3n(Cc3ccc(C)cc3)c2n1. The van der Waals surface area contributed by atoms with Crippen LogP contribution in [0.4, 0.5) is 0 Å². The van der Waals surface area contributed by atoms with E-state index in [1.165, 1.54) is 22.9 Å². The van der Waals surface area contributed by atoms with Crippen molar-refractivity contribution < 1.29 is 4.79 Å². The molecule has 0 aliphatic carbocycles. The van der Waals surface area contributed by atoms with Gasteiger partial charge in [0.15, 0.2) is 5.65 Å². The average molecular weight is 420 g/mol. The molecule has 1 amide bonds. The molecule has 4 rings (SSSR count). The molecule has 4 aromatic rings. The first-order valence-electron chi connectivity index (χ1n) is 10.1. The molecule has 2 aromatic heterocycles. The molecular formula is C23H25N5OS. The van der Waals surface area contributed by atoms with E-state index in [1.54, 1.807) is 0 Å². The number of thioether (sulfide) groups is 1. The van der Waals surface area contributed by atoms with Gasteiger partial charge in [-0.1, -0.05) is 66.7 Å². The van der Waals surface area contributed by atoms with Gasteiger partial charge in [0.05, 0.1) is 11.3 Å². The molecule has 7 heteroatoms. The van der Waals surface area contributed by atoms with Gasteiger partial charge in [0.1, 0.15) is 5.52 Å². The zero-order valence-corrected chi connectivity index (χ0v) is 18.2. The van der Waals surface area contributed by atoms with Crippen molar-refractivity contribution in [2.45, 2.75) is 44.9 Å². The van der Waals surface area contributed by atoms with Gasteiger partial charge < -0.3 is 9.88 Å². The number of hydrogen-bond donors (Lipinski definition) is 1. The fourth-order valence-corrected chi connectivity index (χ4v) is 3.93. The molecule has 1 atom stereocenters. The Morgan fingerprint density at radius 2 is 1.90 bits per heavy atom. The van der Waals surface area contributed by atoms with Crippen LogP contribution >= 0.6 is 11.8 Å². The number of carbonyl (C=O) groups excluding carboxylic acids is 1. The topological polar surface area (TPSA) is 72.7 Å². The lowest BCUT2D eigenvalue weighted by molar-refractivity contribution is -0.119. The monoisotopic (exact) mass is 419 g/mol. The van der Waals surface area contributed by atoms with Gasteiger partial charge in [-0.25, -0.2) is 4.98 Å². The van der Waals surface area contributed by atoms with Crippen LogP contribution in [0, 0.1) is 6.92 Å². The number of benzene rings is 2. The van der Waals surface area contributed by atoms with Gasteiger partial charge in [0.2, 0.25) is 11.1 Å². The van der Waals surface area contributed by atoms with Crippen molar-refractivity contribution in [2.75, 3.05) is 5.75 Å². The van der Waals surface area contributed by atoms with Crippen molar-refractivity contribution >= 4 is 39.7 Å². The first kappa shape index (κ1) is 20.3. The minimum atomic E-state index is -0.0155. The molecule has 0 fully saturated rings. The third-order valence-electron chi connectivity index (χ3n) is 5.17. The smallest absolute Gasteiger partial charge is 0.230 e. The lowest BCUT2D eigenvalue weighted by Crippen LogP contribution is -2.33. The highest BCUT2D eigenvalue weighted by atomic mass is 32.2. The number of nitrogens with zero attached hydrogens (tertiary/aromatic N) is 4. The number of aryl methyl sites for hydroxylation is 1. The number of aromatic nitrogens is 4. The molecule has 0 aliphatic heterocycles. The third-order valence-corrected chi connectivity index (χ3v) is 6.01. The van der Waals surface area contributed by atoms with Gasteiger partial charge >= 0.3 is 0 Å². The van der Waals surface area contributed by atoms with Gasteiger partial charge in [-0.05, 0) is 31.9 Å². The van der Waals surface area contributed by atoms with E-state index in [0.717, 1.165) is 28.5 Å². The Labute approximate surface area is 180 Å². The second-order valence-electron chi connectivity index (χ2n) is 7.52. The lowest BCUT2D eigenvalue weighted by Gasteiger charge is -2.10. The van der Waals surface area contributed by atoms with E-state index in [2.05, 4.69) is 57.3 Å². The summed E-state index contributed by atoms with van der Waals surface area (Å²) in [6, 6.07) is 16.8. The van der Waals surface area contributed by atoms with E-state index in [-0.39, 0.29) is 17.7 Å². The van der Waals surface area contributed by atoms with E-state index in [9.17, 15) is 4.79 Å². The van der Waals surface area contributed by atoms with E-state index in [1.807, 2.05) is 32.0 Å². The fraction of sp³-hybridized carbons (Fsp3) is 0.304. The number of fused-ring (bicyclic) bond motifs is 3. The minimum Gasteiger partial charge on any atom is -0.353 e. The van der Waals surface area contributed by atoms with Gasteiger partial charge in [0.25, 0.3) is 0 Å². The van der Waals surface area contributed by atoms with Gasteiger partial charge in [-0.15, -0.1) is 10.2 Å². The summed E-state index contributed by atoms with van der Waals surface area (Å²) in [5, 5.41) is 13.2. The summed E-state index contributed by atoms with van der Waals surface area (Å²) >= 11 is 1.31. The van der Waals surface area contributed by atoms with Gasteiger partial charge in [-0.2, -0.15) is 0 Å². The Bertz CT molecular complexity index is 1190. The van der Waals surface area contributed by atoms with E-state index < -0.39 is 0 Å². The van der Waals surface area contributed by atoms with Crippen LogP contribution < -0.4 is 5.32 Å². The van der Waals surface area contributed by atoms with Crippen LogP contribution in [-0.4, -0.2) is 37.5 Å². The second kappa shape index (κ2) is 8.83. The Morgan fingerprint density at radius 3 is 2.67 bits per heavy atom. The molecule has 0 radical (unpaired) electrons. The zero-order chi connectivity index (χ0) is 21.1. The van der Waals surface area contributed by atoms with Crippen molar-refractivity contribution in [3.8, 4) is 0 Å². The zero-order valence-electron chi connectivity index (χ0n) is 17.4. The van der Waals surface area contributed by atoms with E-state index in [4.69, 9.17) is 4.98 Å². The van der Waals surface area contributed by atoms with Gasteiger partial charge in [-0.3, -0.25) is 4.79 Å². The van der Waals surface area contributed by atoms with Crippen molar-refractivity contribution in [2.24, 2.45) is 0 Å². The number of amides is 1. The number of nitrogens with one attached hydrogen (secondary N) is 1. The van der Waals surface area contributed by atoms with Crippen LogP contribution in [0.1, 0.15) is 31.4 Å². The predicted molar refractivity (Wildman–Crippen MR) is 122 cm³/mol. The molecule has 0 saturated heterocycles. The fourth-order valence-electron chi connectivity index (χ4n) is 3.34. The summed E-state index contributed by atoms with van der Waals surface area (Å²) in [5.41, 5.74) is 5.08. The molecule has 30 heavy (non-hydrogen) atoms. The normalized spacial score (nSPS) is 12.4. The minimum absolute atomic E-state index is 0.0155. The molecule has 0 spiro atoms. The number of rotatable bonds is 7. The Morgan fingerprint density at radius 1 is 1.13 bits per heavy atom. The molecule has 1 unspecified atom stereocenters. The number of para-hydroxylation sites is 1. The lowest BCUT2D eigenvalue weighted by atomic mass is 10.1. The summed E-state index contributed by atoms with van der Waals surface area (Å²) in [6.45, 7) is 6.83. The Hall–Kier alpha value is -2.93. The predicted octanol–water partition coefficient (Wildman–Crippen LogP) is 4.34.